The Bertz CT molecular complexity index is 348. The maximum absolute atomic E-state index is 11.7. The van der Waals surface area contributed by atoms with Gasteiger partial charge in [-0.2, -0.15) is 11.3 Å². The van der Waals surface area contributed by atoms with Crippen LogP contribution in [0, 0.1) is 0 Å². The van der Waals surface area contributed by atoms with E-state index in [0.717, 1.165) is 39.0 Å². The van der Waals surface area contributed by atoms with E-state index in [1.165, 1.54) is 5.56 Å². The van der Waals surface area contributed by atoms with E-state index in [1.54, 1.807) is 11.3 Å². The molecular formula is C13H20N2O2S. The van der Waals surface area contributed by atoms with Crippen molar-refractivity contribution in [3.8, 4) is 0 Å². The lowest BCUT2D eigenvalue weighted by molar-refractivity contribution is -0.121. The molecule has 0 atom stereocenters. The van der Waals surface area contributed by atoms with Crippen LogP contribution < -0.4 is 10.6 Å². The topological polar surface area (TPSA) is 50.4 Å². The lowest BCUT2D eigenvalue weighted by Crippen LogP contribution is -2.43. The summed E-state index contributed by atoms with van der Waals surface area (Å²) in [4.78, 5) is 11.7. The number of hydrogen-bond donors (Lipinski definition) is 2. The highest BCUT2D eigenvalue weighted by Crippen LogP contribution is 2.06. The molecule has 0 bridgehead atoms. The van der Waals surface area contributed by atoms with E-state index in [2.05, 4.69) is 27.5 Å². The molecule has 0 spiro atoms. The molecule has 0 radical (unpaired) electrons. The van der Waals surface area contributed by atoms with Crippen LogP contribution in [-0.4, -0.2) is 38.3 Å². The third kappa shape index (κ3) is 4.76. The van der Waals surface area contributed by atoms with Crippen molar-refractivity contribution in [2.45, 2.75) is 25.3 Å². The summed E-state index contributed by atoms with van der Waals surface area (Å²) in [6.07, 6.45) is 2.84. The minimum atomic E-state index is 0.0900. The second-order valence-electron chi connectivity index (χ2n) is 4.51. The molecule has 1 aliphatic heterocycles. The van der Waals surface area contributed by atoms with Gasteiger partial charge < -0.3 is 15.4 Å². The number of carbonyl (C=O) groups is 1. The summed E-state index contributed by atoms with van der Waals surface area (Å²) in [6, 6.07) is 2.42. The molecule has 5 heteroatoms. The van der Waals surface area contributed by atoms with Gasteiger partial charge in [-0.15, -0.1) is 0 Å². The molecule has 1 aromatic heterocycles. The Morgan fingerprint density at radius 1 is 1.44 bits per heavy atom. The lowest BCUT2D eigenvalue weighted by Gasteiger charge is -2.23. The molecule has 2 rings (SSSR count). The van der Waals surface area contributed by atoms with Crippen LogP contribution >= 0.6 is 11.3 Å². The van der Waals surface area contributed by atoms with Crippen LogP contribution in [0.1, 0.15) is 18.4 Å². The zero-order valence-corrected chi connectivity index (χ0v) is 11.3. The molecule has 1 fully saturated rings. The van der Waals surface area contributed by atoms with Gasteiger partial charge in [0, 0.05) is 19.3 Å². The summed E-state index contributed by atoms with van der Waals surface area (Å²) in [5.41, 5.74) is 1.33. The minimum Gasteiger partial charge on any atom is -0.381 e. The predicted molar refractivity (Wildman–Crippen MR) is 72.9 cm³/mol. The average Bonchev–Trinajstić information content (AvgIpc) is 2.89. The zero-order valence-electron chi connectivity index (χ0n) is 10.5. The van der Waals surface area contributed by atoms with E-state index >= 15 is 0 Å². The van der Waals surface area contributed by atoms with Crippen LogP contribution in [0.25, 0.3) is 0 Å². The van der Waals surface area contributed by atoms with E-state index in [4.69, 9.17) is 4.74 Å². The second-order valence-corrected chi connectivity index (χ2v) is 5.29. The van der Waals surface area contributed by atoms with Gasteiger partial charge in [-0.1, -0.05) is 0 Å². The molecule has 1 amide bonds. The maximum Gasteiger partial charge on any atom is 0.234 e. The maximum atomic E-state index is 11.7. The Morgan fingerprint density at radius 2 is 2.28 bits per heavy atom. The number of carbonyl (C=O) groups excluding carboxylic acids is 1. The van der Waals surface area contributed by atoms with Crippen LogP contribution in [0.15, 0.2) is 16.8 Å². The monoisotopic (exact) mass is 268 g/mol. The highest BCUT2D eigenvalue weighted by molar-refractivity contribution is 7.07. The molecular weight excluding hydrogens is 248 g/mol. The SMILES string of the molecule is O=C(CNCCc1ccsc1)NC1CCOCC1. The molecule has 1 saturated heterocycles. The van der Waals surface area contributed by atoms with Gasteiger partial charge >= 0.3 is 0 Å². The molecule has 1 aliphatic rings. The zero-order chi connectivity index (χ0) is 12.6. The quantitative estimate of drug-likeness (QED) is 0.762. The van der Waals surface area contributed by atoms with Gasteiger partial charge in [0.15, 0.2) is 0 Å². The number of hydrogen-bond acceptors (Lipinski definition) is 4. The van der Waals surface area contributed by atoms with Gasteiger partial charge in [0.25, 0.3) is 0 Å². The Kier molecular flexibility index (Phi) is 5.64. The Balaban J connectivity index is 1.54. The lowest BCUT2D eigenvalue weighted by atomic mass is 10.1. The third-order valence-electron chi connectivity index (χ3n) is 3.04. The highest BCUT2D eigenvalue weighted by atomic mass is 32.1. The van der Waals surface area contributed by atoms with Crippen molar-refractivity contribution in [1.29, 1.82) is 0 Å². The molecule has 100 valence electrons. The second kappa shape index (κ2) is 7.51. The fourth-order valence-corrected chi connectivity index (χ4v) is 2.69. The molecule has 2 heterocycles. The van der Waals surface area contributed by atoms with Gasteiger partial charge in [0.05, 0.1) is 6.54 Å². The number of nitrogens with one attached hydrogen (secondary N) is 2. The summed E-state index contributed by atoms with van der Waals surface area (Å²) >= 11 is 1.71. The van der Waals surface area contributed by atoms with E-state index in [1.807, 2.05) is 0 Å². The smallest absolute Gasteiger partial charge is 0.234 e. The van der Waals surface area contributed by atoms with Gasteiger partial charge in [-0.25, -0.2) is 0 Å². The summed E-state index contributed by atoms with van der Waals surface area (Å²) in [7, 11) is 0. The Hall–Kier alpha value is -0.910. The molecule has 18 heavy (non-hydrogen) atoms. The van der Waals surface area contributed by atoms with Crippen molar-refractivity contribution in [2.75, 3.05) is 26.3 Å². The molecule has 1 aromatic rings. The molecule has 0 unspecified atom stereocenters. The van der Waals surface area contributed by atoms with Gasteiger partial charge in [-0.3, -0.25) is 4.79 Å². The summed E-state index contributed by atoms with van der Waals surface area (Å²) in [6.45, 7) is 2.77. The van der Waals surface area contributed by atoms with Gasteiger partial charge in [0.1, 0.15) is 0 Å². The van der Waals surface area contributed by atoms with Crippen LogP contribution in [0.2, 0.25) is 0 Å². The van der Waals surface area contributed by atoms with Gasteiger partial charge in [0.2, 0.25) is 5.91 Å². The first kappa shape index (κ1) is 13.5. The van der Waals surface area contributed by atoms with E-state index in [9.17, 15) is 4.79 Å². The largest absolute Gasteiger partial charge is 0.381 e. The normalized spacial score (nSPS) is 16.7. The molecule has 0 aliphatic carbocycles. The van der Waals surface area contributed by atoms with Crippen LogP contribution in [-0.2, 0) is 16.0 Å². The Morgan fingerprint density at radius 3 is 3.00 bits per heavy atom. The van der Waals surface area contributed by atoms with E-state index in [-0.39, 0.29) is 5.91 Å². The van der Waals surface area contributed by atoms with E-state index in [0.29, 0.717) is 12.6 Å². The summed E-state index contributed by atoms with van der Waals surface area (Å²) in [5.74, 6) is 0.0900. The molecule has 2 N–H and O–H groups in total. The predicted octanol–water partition coefficient (Wildman–Crippen LogP) is 1.18. The first-order chi connectivity index (χ1) is 8.84. The summed E-state index contributed by atoms with van der Waals surface area (Å²) in [5, 5.41) is 10.4. The fourth-order valence-electron chi connectivity index (χ4n) is 1.99. The van der Waals surface area contributed by atoms with Crippen LogP contribution in [0.3, 0.4) is 0 Å². The number of rotatable bonds is 6. The standard InChI is InChI=1S/C13H20N2O2S/c16-13(15-12-2-6-17-7-3-12)9-14-5-1-11-4-8-18-10-11/h4,8,10,12,14H,1-3,5-7,9H2,(H,15,16). The average molecular weight is 268 g/mol. The first-order valence-corrected chi connectivity index (χ1v) is 7.38. The summed E-state index contributed by atoms with van der Waals surface area (Å²) < 4.78 is 5.26. The molecule has 4 nitrogen and oxygen atoms in total. The highest BCUT2D eigenvalue weighted by Gasteiger charge is 2.15. The Labute approximate surface area is 112 Å². The van der Waals surface area contributed by atoms with Crippen molar-refractivity contribution in [3.63, 3.8) is 0 Å². The third-order valence-corrected chi connectivity index (χ3v) is 3.77. The molecule has 0 saturated carbocycles. The number of ether oxygens (including phenoxy) is 1. The minimum absolute atomic E-state index is 0.0900. The van der Waals surface area contributed by atoms with Crippen molar-refractivity contribution < 1.29 is 9.53 Å². The fraction of sp³-hybridized carbons (Fsp3) is 0.615. The van der Waals surface area contributed by atoms with E-state index < -0.39 is 0 Å². The van der Waals surface area contributed by atoms with Crippen LogP contribution in [0.4, 0.5) is 0 Å². The van der Waals surface area contributed by atoms with Crippen molar-refractivity contribution >= 4 is 17.2 Å². The molecule has 0 aromatic carbocycles. The van der Waals surface area contributed by atoms with Crippen molar-refractivity contribution in [3.05, 3.63) is 22.4 Å². The van der Waals surface area contributed by atoms with Gasteiger partial charge in [-0.05, 0) is 48.2 Å². The van der Waals surface area contributed by atoms with Crippen molar-refractivity contribution in [1.82, 2.24) is 10.6 Å². The van der Waals surface area contributed by atoms with Crippen molar-refractivity contribution in [2.24, 2.45) is 0 Å². The number of thiophene rings is 1. The van der Waals surface area contributed by atoms with Crippen LogP contribution in [0.5, 0.6) is 0 Å². The first-order valence-electron chi connectivity index (χ1n) is 6.43. The number of amides is 1.